The van der Waals surface area contributed by atoms with Crippen molar-refractivity contribution in [1.29, 1.82) is 0 Å². The first-order valence-electron chi connectivity index (χ1n) is 6.25. The van der Waals surface area contributed by atoms with Crippen molar-refractivity contribution >= 4 is 5.69 Å². The van der Waals surface area contributed by atoms with Crippen molar-refractivity contribution in [2.24, 2.45) is 0 Å². The van der Waals surface area contributed by atoms with Crippen LogP contribution in [0, 0.1) is 0 Å². The van der Waals surface area contributed by atoms with E-state index < -0.39 is 0 Å². The van der Waals surface area contributed by atoms with Crippen LogP contribution in [0.15, 0.2) is 65.5 Å². The molecule has 4 heteroatoms. The second-order valence-electron chi connectivity index (χ2n) is 4.47. The van der Waals surface area contributed by atoms with Gasteiger partial charge >= 0.3 is 0 Å². The van der Waals surface area contributed by atoms with E-state index in [1.165, 1.54) is 6.07 Å². The van der Waals surface area contributed by atoms with E-state index in [-0.39, 0.29) is 5.56 Å². The Bertz CT molecular complexity index is 777. The predicted octanol–water partition coefficient (Wildman–Crippen LogP) is 2.69. The Labute approximate surface area is 115 Å². The van der Waals surface area contributed by atoms with E-state index in [1.807, 2.05) is 42.5 Å². The van der Waals surface area contributed by atoms with Gasteiger partial charge in [0.15, 0.2) is 0 Å². The van der Waals surface area contributed by atoms with Crippen molar-refractivity contribution in [1.82, 2.24) is 9.97 Å². The van der Waals surface area contributed by atoms with Gasteiger partial charge < -0.3 is 10.7 Å². The summed E-state index contributed by atoms with van der Waals surface area (Å²) < 4.78 is 0. The van der Waals surface area contributed by atoms with Crippen LogP contribution in [-0.2, 0) is 0 Å². The molecule has 1 aromatic heterocycles. The number of hydrogen-bond acceptors (Lipinski definition) is 3. The lowest BCUT2D eigenvalue weighted by atomic mass is 10.1. The minimum atomic E-state index is -0.175. The van der Waals surface area contributed by atoms with Crippen molar-refractivity contribution in [3.8, 4) is 22.6 Å². The summed E-state index contributed by atoms with van der Waals surface area (Å²) in [5, 5.41) is 0. The minimum absolute atomic E-state index is 0.175. The number of nitrogens with one attached hydrogen (secondary N) is 1. The van der Waals surface area contributed by atoms with Gasteiger partial charge in [-0.1, -0.05) is 30.3 Å². The number of nitrogens with zero attached hydrogens (tertiary/aromatic N) is 1. The molecule has 0 fully saturated rings. The Balaban J connectivity index is 2.12. The summed E-state index contributed by atoms with van der Waals surface area (Å²) in [6.07, 6.45) is 0. The smallest absolute Gasteiger partial charge is 0.251 e. The SMILES string of the molecule is Nc1ccc(-c2nc(-c3ccccc3)cc(=O)[nH]2)cc1. The minimum Gasteiger partial charge on any atom is -0.399 e. The number of H-pyrrole nitrogens is 1. The lowest BCUT2D eigenvalue weighted by molar-refractivity contribution is 1.13. The maximum atomic E-state index is 11.8. The van der Waals surface area contributed by atoms with Gasteiger partial charge in [-0.25, -0.2) is 4.98 Å². The van der Waals surface area contributed by atoms with Crippen molar-refractivity contribution < 1.29 is 0 Å². The predicted molar refractivity (Wildman–Crippen MR) is 80.1 cm³/mol. The van der Waals surface area contributed by atoms with E-state index in [9.17, 15) is 4.79 Å². The van der Waals surface area contributed by atoms with Crippen LogP contribution in [0.1, 0.15) is 0 Å². The molecule has 2 aromatic carbocycles. The molecule has 0 radical (unpaired) electrons. The van der Waals surface area contributed by atoms with E-state index in [1.54, 1.807) is 12.1 Å². The van der Waals surface area contributed by atoms with Gasteiger partial charge in [-0.3, -0.25) is 4.79 Å². The summed E-state index contributed by atoms with van der Waals surface area (Å²) in [4.78, 5) is 19.1. The average molecular weight is 263 g/mol. The third-order valence-corrected chi connectivity index (χ3v) is 3.00. The van der Waals surface area contributed by atoms with Gasteiger partial charge in [0.05, 0.1) is 5.69 Å². The van der Waals surface area contributed by atoms with Crippen molar-refractivity contribution in [2.45, 2.75) is 0 Å². The second kappa shape index (κ2) is 5.01. The largest absolute Gasteiger partial charge is 0.399 e. The van der Waals surface area contributed by atoms with Gasteiger partial charge in [0, 0.05) is 22.9 Å². The quantitative estimate of drug-likeness (QED) is 0.698. The number of aromatic nitrogens is 2. The fourth-order valence-electron chi connectivity index (χ4n) is 1.99. The van der Waals surface area contributed by atoms with E-state index in [4.69, 9.17) is 5.73 Å². The summed E-state index contributed by atoms with van der Waals surface area (Å²) in [6.45, 7) is 0. The molecule has 0 amide bonds. The number of hydrogen-bond donors (Lipinski definition) is 2. The number of aromatic amines is 1. The molecule has 0 aliphatic rings. The summed E-state index contributed by atoms with van der Waals surface area (Å²) in [6, 6.07) is 18.3. The molecule has 20 heavy (non-hydrogen) atoms. The van der Waals surface area contributed by atoms with E-state index in [2.05, 4.69) is 9.97 Å². The number of nitrogen functional groups attached to an aromatic ring is 1. The highest BCUT2D eigenvalue weighted by Crippen LogP contribution is 2.19. The molecular weight excluding hydrogens is 250 g/mol. The first-order valence-corrected chi connectivity index (χ1v) is 6.25. The maximum absolute atomic E-state index is 11.8. The second-order valence-corrected chi connectivity index (χ2v) is 4.47. The lowest BCUT2D eigenvalue weighted by Crippen LogP contribution is -2.08. The highest BCUT2D eigenvalue weighted by atomic mass is 16.1. The first-order chi connectivity index (χ1) is 9.72. The maximum Gasteiger partial charge on any atom is 0.251 e. The zero-order valence-electron chi connectivity index (χ0n) is 10.7. The fraction of sp³-hybridized carbons (Fsp3) is 0. The molecule has 0 spiro atoms. The van der Waals surface area contributed by atoms with Crippen LogP contribution in [0.4, 0.5) is 5.69 Å². The number of benzene rings is 2. The van der Waals surface area contributed by atoms with E-state index >= 15 is 0 Å². The molecule has 3 rings (SSSR count). The number of rotatable bonds is 2. The fourth-order valence-corrected chi connectivity index (χ4v) is 1.99. The topological polar surface area (TPSA) is 71.8 Å². The van der Waals surface area contributed by atoms with Crippen LogP contribution >= 0.6 is 0 Å². The van der Waals surface area contributed by atoms with Crippen LogP contribution in [0.5, 0.6) is 0 Å². The van der Waals surface area contributed by atoms with Crippen molar-refractivity contribution in [2.75, 3.05) is 5.73 Å². The van der Waals surface area contributed by atoms with E-state index in [0.29, 0.717) is 17.2 Å². The van der Waals surface area contributed by atoms with Gasteiger partial charge in [-0.15, -0.1) is 0 Å². The molecule has 1 heterocycles. The monoisotopic (exact) mass is 263 g/mol. The van der Waals surface area contributed by atoms with Crippen LogP contribution in [-0.4, -0.2) is 9.97 Å². The molecule has 0 aliphatic carbocycles. The summed E-state index contributed by atoms with van der Waals surface area (Å²) in [7, 11) is 0. The summed E-state index contributed by atoms with van der Waals surface area (Å²) >= 11 is 0. The molecule has 0 saturated carbocycles. The highest BCUT2D eigenvalue weighted by molar-refractivity contribution is 5.64. The van der Waals surface area contributed by atoms with Gasteiger partial charge in [0.25, 0.3) is 5.56 Å². The zero-order chi connectivity index (χ0) is 13.9. The third kappa shape index (κ3) is 2.44. The molecule has 0 atom stereocenters. The molecule has 0 bridgehead atoms. The Morgan fingerprint density at radius 1 is 0.900 bits per heavy atom. The lowest BCUT2D eigenvalue weighted by Gasteiger charge is -2.05. The Morgan fingerprint density at radius 3 is 2.30 bits per heavy atom. The summed E-state index contributed by atoms with van der Waals surface area (Å²) in [5.41, 5.74) is 8.56. The molecule has 0 aliphatic heterocycles. The average Bonchev–Trinajstić information content (AvgIpc) is 2.48. The molecule has 3 N–H and O–H groups in total. The molecular formula is C16H13N3O. The number of anilines is 1. The van der Waals surface area contributed by atoms with Crippen LogP contribution in [0.3, 0.4) is 0 Å². The molecule has 98 valence electrons. The number of nitrogens with two attached hydrogens (primary N) is 1. The van der Waals surface area contributed by atoms with Gasteiger partial charge in [-0.2, -0.15) is 0 Å². The van der Waals surface area contributed by atoms with Gasteiger partial charge in [-0.05, 0) is 24.3 Å². The molecule has 0 saturated heterocycles. The normalized spacial score (nSPS) is 10.4. The van der Waals surface area contributed by atoms with Gasteiger partial charge in [0.1, 0.15) is 5.82 Å². The zero-order valence-corrected chi connectivity index (χ0v) is 10.7. The van der Waals surface area contributed by atoms with Gasteiger partial charge in [0.2, 0.25) is 0 Å². The van der Waals surface area contributed by atoms with Crippen LogP contribution in [0.2, 0.25) is 0 Å². The Hall–Kier alpha value is -2.88. The van der Waals surface area contributed by atoms with E-state index in [0.717, 1.165) is 11.1 Å². The molecule has 4 nitrogen and oxygen atoms in total. The Kier molecular flexibility index (Phi) is 3.05. The van der Waals surface area contributed by atoms with Crippen LogP contribution in [0.25, 0.3) is 22.6 Å². The van der Waals surface area contributed by atoms with Crippen LogP contribution < -0.4 is 11.3 Å². The standard InChI is InChI=1S/C16H13N3O/c17-13-8-6-12(7-9-13)16-18-14(10-15(20)19-16)11-4-2-1-3-5-11/h1-10H,17H2,(H,18,19,20). The molecule has 3 aromatic rings. The summed E-state index contributed by atoms with van der Waals surface area (Å²) in [5.74, 6) is 0.538. The van der Waals surface area contributed by atoms with Crippen molar-refractivity contribution in [3.05, 3.63) is 71.0 Å². The third-order valence-electron chi connectivity index (χ3n) is 3.00. The van der Waals surface area contributed by atoms with Crippen molar-refractivity contribution in [3.63, 3.8) is 0 Å². The highest BCUT2D eigenvalue weighted by Gasteiger charge is 2.05. The Morgan fingerprint density at radius 2 is 1.60 bits per heavy atom. The first kappa shape index (κ1) is 12.2. The molecule has 0 unspecified atom stereocenters.